The van der Waals surface area contributed by atoms with Crippen LogP contribution < -0.4 is 9.64 Å². The molecule has 1 aliphatic heterocycles. The third kappa shape index (κ3) is 3.84. The van der Waals surface area contributed by atoms with E-state index in [4.69, 9.17) is 10.00 Å². The van der Waals surface area contributed by atoms with E-state index in [9.17, 15) is 14.7 Å². The molecule has 7 heteroatoms. The number of nitriles is 1. The third-order valence-corrected chi connectivity index (χ3v) is 4.59. The lowest BCUT2D eigenvalue weighted by atomic mass is 10.0. The third-order valence-electron chi connectivity index (χ3n) is 4.59. The number of ether oxygens (including phenoxy) is 1. The van der Waals surface area contributed by atoms with E-state index in [1.807, 2.05) is 13.0 Å². The number of carbonyl (C=O) groups excluding carboxylic acids is 2. The predicted molar refractivity (Wildman–Crippen MR) is 108 cm³/mol. The lowest BCUT2D eigenvalue weighted by Crippen LogP contribution is -2.34. The number of nitrogens with zero attached hydrogens (tertiary/aromatic N) is 3. The van der Waals surface area contributed by atoms with Crippen molar-refractivity contribution in [3.05, 3.63) is 65.4 Å². The molecule has 1 heterocycles. The molecule has 0 bridgehead atoms. The van der Waals surface area contributed by atoms with Gasteiger partial charge in [0.1, 0.15) is 11.4 Å². The molecule has 0 fully saturated rings. The highest BCUT2D eigenvalue weighted by atomic mass is 16.5. The molecule has 0 atom stereocenters. The van der Waals surface area contributed by atoms with Crippen molar-refractivity contribution in [3.8, 4) is 11.8 Å². The Morgan fingerprint density at radius 3 is 2.28 bits per heavy atom. The minimum absolute atomic E-state index is 0.158. The summed E-state index contributed by atoms with van der Waals surface area (Å²) in [5, 5.41) is 18.3. The van der Waals surface area contributed by atoms with Crippen LogP contribution >= 0.6 is 0 Å². The molecule has 29 heavy (non-hydrogen) atoms. The highest BCUT2D eigenvalue weighted by Gasteiger charge is 2.41. The van der Waals surface area contributed by atoms with Crippen LogP contribution in [0.4, 0.5) is 5.69 Å². The Hall–Kier alpha value is -3.63. The van der Waals surface area contributed by atoms with E-state index in [1.54, 1.807) is 60.5 Å². The number of aliphatic hydroxyl groups is 1. The average molecular weight is 391 g/mol. The summed E-state index contributed by atoms with van der Waals surface area (Å²) >= 11 is 0. The van der Waals surface area contributed by atoms with Gasteiger partial charge in [-0.2, -0.15) is 5.26 Å². The number of imide groups is 1. The Morgan fingerprint density at radius 1 is 1.07 bits per heavy atom. The van der Waals surface area contributed by atoms with Crippen molar-refractivity contribution in [2.75, 3.05) is 31.7 Å². The number of hydrogen-bond donors (Lipinski definition) is 1. The van der Waals surface area contributed by atoms with Crippen LogP contribution in [0.5, 0.6) is 5.75 Å². The first kappa shape index (κ1) is 20.1. The molecule has 2 aromatic carbocycles. The second-order valence-electron chi connectivity index (χ2n) is 6.43. The normalized spacial score (nSPS) is 13.7. The summed E-state index contributed by atoms with van der Waals surface area (Å²) in [6.07, 6.45) is 0. The monoisotopic (exact) mass is 391 g/mol. The molecule has 7 nitrogen and oxygen atoms in total. The maximum absolute atomic E-state index is 13.3. The van der Waals surface area contributed by atoms with Crippen LogP contribution in [0.15, 0.2) is 54.2 Å². The molecule has 0 radical (unpaired) electrons. The first-order valence-electron chi connectivity index (χ1n) is 9.20. The molecule has 2 aromatic rings. The van der Waals surface area contributed by atoms with Crippen molar-refractivity contribution in [1.82, 2.24) is 4.90 Å². The molecular weight excluding hydrogens is 370 g/mol. The summed E-state index contributed by atoms with van der Waals surface area (Å²) in [7, 11) is 1.66. The SMILES string of the molecule is CCOc1ccc(C2=C(N(C)CCO)C(=O)N(c3ccc(C#N)cc3)C2=O)cc1. The molecule has 3 rings (SSSR count). The summed E-state index contributed by atoms with van der Waals surface area (Å²) in [6, 6.07) is 15.2. The zero-order valence-electron chi connectivity index (χ0n) is 16.3. The number of aliphatic hydroxyl groups excluding tert-OH is 1. The van der Waals surface area contributed by atoms with Gasteiger partial charge in [-0.05, 0) is 48.9 Å². The van der Waals surface area contributed by atoms with Crippen LogP contribution in [0.1, 0.15) is 18.1 Å². The topological polar surface area (TPSA) is 93.9 Å². The van der Waals surface area contributed by atoms with E-state index in [2.05, 4.69) is 0 Å². The maximum atomic E-state index is 13.3. The Kier molecular flexibility index (Phi) is 5.96. The van der Waals surface area contributed by atoms with Gasteiger partial charge in [0.05, 0.1) is 36.1 Å². The number of rotatable bonds is 7. The van der Waals surface area contributed by atoms with Gasteiger partial charge in [-0.25, -0.2) is 4.90 Å². The highest BCUT2D eigenvalue weighted by Crippen LogP contribution is 2.34. The van der Waals surface area contributed by atoms with Gasteiger partial charge in [0, 0.05) is 13.6 Å². The number of benzene rings is 2. The number of likely N-dealkylation sites (N-methyl/N-ethyl adjacent to an activating group) is 1. The van der Waals surface area contributed by atoms with E-state index in [1.165, 1.54) is 0 Å². The molecule has 0 aromatic heterocycles. The summed E-state index contributed by atoms with van der Waals surface area (Å²) in [4.78, 5) is 29.1. The first-order valence-corrected chi connectivity index (χ1v) is 9.20. The molecule has 0 aliphatic carbocycles. The first-order chi connectivity index (χ1) is 14.0. The van der Waals surface area contributed by atoms with Crippen molar-refractivity contribution >= 4 is 23.1 Å². The lowest BCUT2D eigenvalue weighted by Gasteiger charge is -2.20. The summed E-state index contributed by atoms with van der Waals surface area (Å²) < 4.78 is 5.45. The average Bonchev–Trinajstić information content (AvgIpc) is 2.99. The van der Waals surface area contributed by atoms with Crippen molar-refractivity contribution in [2.45, 2.75) is 6.92 Å². The highest BCUT2D eigenvalue weighted by molar-refractivity contribution is 6.45. The van der Waals surface area contributed by atoms with Crippen LogP contribution in [-0.4, -0.2) is 48.6 Å². The molecule has 0 unspecified atom stereocenters. The largest absolute Gasteiger partial charge is 0.494 e. The maximum Gasteiger partial charge on any atom is 0.282 e. The second kappa shape index (κ2) is 8.59. The minimum atomic E-state index is -0.473. The quantitative estimate of drug-likeness (QED) is 0.727. The number of carbonyl (C=O) groups is 2. The zero-order valence-corrected chi connectivity index (χ0v) is 16.3. The van der Waals surface area contributed by atoms with Gasteiger partial charge in [0.15, 0.2) is 0 Å². The lowest BCUT2D eigenvalue weighted by molar-refractivity contribution is -0.120. The Bertz CT molecular complexity index is 988. The van der Waals surface area contributed by atoms with Crippen molar-refractivity contribution in [3.63, 3.8) is 0 Å². The van der Waals surface area contributed by atoms with Crippen molar-refractivity contribution in [2.24, 2.45) is 0 Å². The van der Waals surface area contributed by atoms with E-state index in [-0.39, 0.29) is 24.4 Å². The number of hydrogen-bond acceptors (Lipinski definition) is 6. The smallest absolute Gasteiger partial charge is 0.282 e. The van der Waals surface area contributed by atoms with Gasteiger partial charge in [0.2, 0.25) is 0 Å². The van der Waals surface area contributed by atoms with Crippen LogP contribution in [0, 0.1) is 11.3 Å². The van der Waals surface area contributed by atoms with Crippen LogP contribution in [0.2, 0.25) is 0 Å². The fourth-order valence-electron chi connectivity index (χ4n) is 3.20. The Balaban J connectivity index is 2.06. The van der Waals surface area contributed by atoms with E-state index >= 15 is 0 Å². The van der Waals surface area contributed by atoms with Crippen molar-refractivity contribution in [1.29, 1.82) is 5.26 Å². The molecule has 2 amide bonds. The molecule has 1 N–H and O–H groups in total. The van der Waals surface area contributed by atoms with Crippen LogP contribution in [0.25, 0.3) is 5.57 Å². The predicted octanol–water partition coefficient (Wildman–Crippen LogP) is 2.17. The van der Waals surface area contributed by atoms with E-state index in [0.717, 1.165) is 4.90 Å². The van der Waals surface area contributed by atoms with Gasteiger partial charge in [-0.1, -0.05) is 12.1 Å². The van der Waals surface area contributed by atoms with Gasteiger partial charge >= 0.3 is 0 Å². The van der Waals surface area contributed by atoms with Crippen LogP contribution in [0.3, 0.4) is 0 Å². The molecule has 0 saturated carbocycles. The van der Waals surface area contributed by atoms with Gasteiger partial charge in [-0.15, -0.1) is 0 Å². The summed E-state index contributed by atoms with van der Waals surface area (Å²) in [5.74, 6) is -0.258. The Labute approximate surface area is 169 Å². The Morgan fingerprint density at radius 2 is 1.72 bits per heavy atom. The molecule has 0 spiro atoms. The number of amides is 2. The molecule has 1 aliphatic rings. The molecule has 0 saturated heterocycles. The molecule has 148 valence electrons. The van der Waals surface area contributed by atoms with E-state index < -0.39 is 11.8 Å². The minimum Gasteiger partial charge on any atom is -0.494 e. The summed E-state index contributed by atoms with van der Waals surface area (Å²) in [6.45, 7) is 2.45. The fourth-order valence-corrected chi connectivity index (χ4v) is 3.20. The van der Waals surface area contributed by atoms with Crippen LogP contribution in [-0.2, 0) is 9.59 Å². The van der Waals surface area contributed by atoms with Gasteiger partial charge in [-0.3, -0.25) is 9.59 Å². The zero-order chi connectivity index (χ0) is 21.0. The number of anilines is 1. The molecular formula is C22H21N3O4. The second-order valence-corrected chi connectivity index (χ2v) is 6.43. The summed E-state index contributed by atoms with van der Waals surface area (Å²) in [5.41, 5.74) is 1.89. The van der Waals surface area contributed by atoms with Gasteiger partial charge < -0.3 is 14.7 Å². The van der Waals surface area contributed by atoms with Gasteiger partial charge in [0.25, 0.3) is 11.8 Å². The van der Waals surface area contributed by atoms with Crippen molar-refractivity contribution < 1.29 is 19.4 Å². The fraction of sp³-hybridized carbons (Fsp3) is 0.227. The van der Waals surface area contributed by atoms with E-state index in [0.29, 0.717) is 29.2 Å². The standard InChI is InChI=1S/C22H21N3O4/c1-3-29-18-10-6-16(7-11-18)19-20(24(2)12-13-26)22(28)25(21(19)27)17-8-4-15(14-23)5-9-17/h4-11,26H,3,12-13H2,1-2H3.